The summed E-state index contributed by atoms with van der Waals surface area (Å²) >= 11 is 1.34. The Labute approximate surface area is 148 Å². The van der Waals surface area contributed by atoms with Gasteiger partial charge in [0.2, 0.25) is 0 Å². The molecule has 1 aromatic heterocycles. The summed E-state index contributed by atoms with van der Waals surface area (Å²) in [5, 5.41) is 5.39. The average molecular weight is 367 g/mol. The molecule has 0 unspecified atom stereocenters. The van der Waals surface area contributed by atoms with Crippen LogP contribution in [0.15, 0.2) is 29.6 Å². The molecule has 3 rings (SSSR count). The van der Waals surface area contributed by atoms with Crippen molar-refractivity contribution in [1.29, 1.82) is 0 Å². The van der Waals surface area contributed by atoms with Crippen molar-refractivity contribution in [2.75, 3.05) is 18.4 Å². The van der Waals surface area contributed by atoms with Gasteiger partial charge in [0, 0.05) is 24.2 Å². The minimum Gasteiger partial charge on any atom is -0.435 e. The van der Waals surface area contributed by atoms with Gasteiger partial charge >= 0.3 is 6.61 Å². The molecule has 8 heteroatoms. The van der Waals surface area contributed by atoms with Crippen molar-refractivity contribution in [3.8, 4) is 5.75 Å². The highest BCUT2D eigenvalue weighted by atomic mass is 32.1. The van der Waals surface area contributed by atoms with Crippen LogP contribution in [0.1, 0.15) is 36.2 Å². The van der Waals surface area contributed by atoms with E-state index in [2.05, 4.69) is 15.0 Å². The fraction of sp³-hybridized carbons (Fsp3) is 0.412. The summed E-state index contributed by atoms with van der Waals surface area (Å²) in [6, 6.07) is 6.14. The molecule has 1 N–H and O–H groups in total. The summed E-state index contributed by atoms with van der Waals surface area (Å²) in [5.74, 6) is 0.0589. The van der Waals surface area contributed by atoms with Gasteiger partial charge in [-0.05, 0) is 37.1 Å². The number of rotatable bonds is 5. The van der Waals surface area contributed by atoms with Gasteiger partial charge in [-0.3, -0.25) is 4.79 Å². The molecule has 0 spiro atoms. The van der Waals surface area contributed by atoms with E-state index in [-0.39, 0.29) is 11.7 Å². The number of halogens is 2. The summed E-state index contributed by atoms with van der Waals surface area (Å²) < 4.78 is 28.6. The van der Waals surface area contributed by atoms with Gasteiger partial charge in [-0.1, -0.05) is 12.8 Å². The Morgan fingerprint density at radius 3 is 2.48 bits per heavy atom. The lowest BCUT2D eigenvalue weighted by atomic mass is 10.2. The number of nitrogens with one attached hydrogen (secondary N) is 1. The molecule has 0 aliphatic carbocycles. The van der Waals surface area contributed by atoms with Crippen LogP contribution in [0.4, 0.5) is 19.6 Å². The second-order valence-corrected chi connectivity index (χ2v) is 6.63. The summed E-state index contributed by atoms with van der Waals surface area (Å²) in [7, 11) is 0. The largest absolute Gasteiger partial charge is 0.435 e. The molecule has 1 aliphatic heterocycles. The maximum absolute atomic E-state index is 12.5. The number of benzene rings is 1. The first-order valence-electron chi connectivity index (χ1n) is 8.18. The molecule has 1 aromatic carbocycles. The number of anilines is 2. The normalized spacial score (nSPS) is 15.1. The summed E-state index contributed by atoms with van der Waals surface area (Å²) in [6.07, 6.45) is 4.40. The number of aromatic nitrogens is 1. The van der Waals surface area contributed by atoms with Crippen molar-refractivity contribution >= 4 is 28.1 Å². The van der Waals surface area contributed by atoms with Crippen LogP contribution in [-0.2, 0) is 0 Å². The van der Waals surface area contributed by atoms with Gasteiger partial charge in [0.1, 0.15) is 11.4 Å². The summed E-state index contributed by atoms with van der Waals surface area (Å²) in [4.78, 5) is 18.7. The topological polar surface area (TPSA) is 54.5 Å². The first-order valence-corrected chi connectivity index (χ1v) is 9.06. The molecule has 0 bridgehead atoms. The first-order chi connectivity index (χ1) is 12.1. The van der Waals surface area contributed by atoms with Crippen LogP contribution in [0.25, 0.3) is 0 Å². The predicted molar refractivity (Wildman–Crippen MR) is 92.8 cm³/mol. The number of carbonyl (C=O) groups excluding carboxylic acids is 1. The number of amides is 1. The number of hydrogen-bond acceptors (Lipinski definition) is 5. The standard InChI is InChI=1S/C17H19F2N3O2S/c18-16(19)24-13-7-5-12(6-8-13)20-17-21-14(11-25-17)15(23)22-9-3-1-2-4-10-22/h5-8,11,16H,1-4,9-10H2,(H,20,21). The van der Waals surface area contributed by atoms with Crippen LogP contribution >= 0.6 is 11.3 Å². The van der Waals surface area contributed by atoms with E-state index < -0.39 is 6.61 Å². The van der Waals surface area contributed by atoms with E-state index in [0.29, 0.717) is 16.5 Å². The molecule has 0 saturated carbocycles. The second-order valence-electron chi connectivity index (χ2n) is 5.77. The smallest absolute Gasteiger partial charge is 0.387 e. The summed E-state index contributed by atoms with van der Waals surface area (Å²) in [6.45, 7) is -1.28. The Morgan fingerprint density at radius 2 is 1.84 bits per heavy atom. The molecule has 1 fully saturated rings. The molecule has 1 aliphatic rings. The van der Waals surface area contributed by atoms with Crippen LogP contribution < -0.4 is 10.1 Å². The quantitative estimate of drug-likeness (QED) is 0.845. The Morgan fingerprint density at radius 1 is 1.16 bits per heavy atom. The molecular formula is C17H19F2N3O2S. The van der Waals surface area contributed by atoms with E-state index in [4.69, 9.17) is 0 Å². The summed E-state index contributed by atoms with van der Waals surface area (Å²) in [5.41, 5.74) is 1.12. The minimum atomic E-state index is -2.84. The molecule has 0 radical (unpaired) electrons. The highest BCUT2D eigenvalue weighted by Gasteiger charge is 2.19. The zero-order chi connectivity index (χ0) is 17.6. The number of hydrogen-bond donors (Lipinski definition) is 1. The van der Waals surface area contributed by atoms with Crippen molar-refractivity contribution in [3.63, 3.8) is 0 Å². The molecule has 2 heterocycles. The third kappa shape index (κ3) is 4.88. The van der Waals surface area contributed by atoms with Crippen LogP contribution in [0, 0.1) is 0 Å². The zero-order valence-corrected chi connectivity index (χ0v) is 14.4. The molecule has 0 atom stereocenters. The highest BCUT2D eigenvalue weighted by molar-refractivity contribution is 7.14. The van der Waals surface area contributed by atoms with Crippen LogP contribution in [0.5, 0.6) is 5.75 Å². The van der Waals surface area contributed by atoms with E-state index in [1.807, 2.05) is 4.90 Å². The molecular weight excluding hydrogens is 348 g/mol. The average Bonchev–Trinajstić information content (AvgIpc) is 2.88. The number of thiazole rings is 1. The highest BCUT2D eigenvalue weighted by Crippen LogP contribution is 2.24. The Balaban J connectivity index is 1.62. The Kier molecular flexibility index (Phi) is 5.80. The van der Waals surface area contributed by atoms with Crippen molar-refractivity contribution in [1.82, 2.24) is 9.88 Å². The minimum absolute atomic E-state index is 0.0353. The molecule has 1 amide bonds. The van der Waals surface area contributed by atoms with Gasteiger partial charge in [0.05, 0.1) is 0 Å². The monoisotopic (exact) mass is 367 g/mol. The molecule has 2 aromatic rings. The van der Waals surface area contributed by atoms with Crippen LogP contribution in [-0.4, -0.2) is 35.5 Å². The zero-order valence-electron chi connectivity index (χ0n) is 13.6. The fourth-order valence-corrected chi connectivity index (χ4v) is 3.41. The van der Waals surface area contributed by atoms with E-state index >= 15 is 0 Å². The first kappa shape index (κ1) is 17.6. The van der Waals surface area contributed by atoms with Gasteiger partial charge in [-0.25, -0.2) is 4.98 Å². The van der Waals surface area contributed by atoms with E-state index in [1.54, 1.807) is 17.5 Å². The van der Waals surface area contributed by atoms with Crippen molar-refractivity contribution in [2.24, 2.45) is 0 Å². The maximum Gasteiger partial charge on any atom is 0.387 e. The molecule has 25 heavy (non-hydrogen) atoms. The lowest BCUT2D eigenvalue weighted by molar-refractivity contribution is -0.0498. The van der Waals surface area contributed by atoms with Crippen LogP contribution in [0.2, 0.25) is 0 Å². The Hall–Kier alpha value is -2.22. The third-order valence-corrected chi connectivity index (χ3v) is 4.71. The van der Waals surface area contributed by atoms with E-state index in [1.165, 1.54) is 36.3 Å². The maximum atomic E-state index is 12.5. The van der Waals surface area contributed by atoms with Crippen LogP contribution in [0.3, 0.4) is 0 Å². The lowest BCUT2D eigenvalue weighted by Crippen LogP contribution is -2.32. The Bertz CT molecular complexity index is 698. The molecule has 5 nitrogen and oxygen atoms in total. The van der Waals surface area contributed by atoms with Gasteiger partial charge in [-0.2, -0.15) is 8.78 Å². The van der Waals surface area contributed by atoms with Crippen molar-refractivity contribution in [3.05, 3.63) is 35.3 Å². The molecule has 134 valence electrons. The lowest BCUT2D eigenvalue weighted by Gasteiger charge is -2.18. The van der Waals surface area contributed by atoms with Crippen molar-refractivity contribution < 1.29 is 18.3 Å². The fourth-order valence-electron chi connectivity index (χ4n) is 2.71. The van der Waals surface area contributed by atoms with Gasteiger partial charge in [-0.15, -0.1) is 11.3 Å². The number of carbonyl (C=O) groups is 1. The second kappa shape index (κ2) is 8.24. The number of ether oxygens (including phenoxy) is 1. The van der Waals surface area contributed by atoms with Gasteiger partial charge in [0.15, 0.2) is 5.13 Å². The number of likely N-dealkylation sites (tertiary alicyclic amines) is 1. The third-order valence-electron chi connectivity index (χ3n) is 3.95. The van der Waals surface area contributed by atoms with Gasteiger partial charge < -0.3 is 15.0 Å². The van der Waals surface area contributed by atoms with E-state index in [0.717, 1.165) is 25.9 Å². The number of nitrogens with zero attached hydrogens (tertiary/aromatic N) is 2. The number of alkyl halides is 2. The van der Waals surface area contributed by atoms with Gasteiger partial charge in [0.25, 0.3) is 5.91 Å². The SMILES string of the molecule is O=C(c1csc(Nc2ccc(OC(F)F)cc2)n1)N1CCCCCC1. The predicted octanol–water partition coefficient (Wildman–Crippen LogP) is 4.50. The van der Waals surface area contributed by atoms with Crippen molar-refractivity contribution in [2.45, 2.75) is 32.3 Å². The van der Waals surface area contributed by atoms with E-state index in [9.17, 15) is 13.6 Å². The molecule has 1 saturated heterocycles.